The van der Waals surface area contributed by atoms with Crippen molar-refractivity contribution in [2.45, 2.75) is 6.42 Å². The van der Waals surface area contributed by atoms with Crippen LogP contribution < -0.4 is 10.5 Å². The normalized spacial score (nSPS) is 9.62. The van der Waals surface area contributed by atoms with E-state index in [1.165, 1.54) is 0 Å². The fraction of sp³-hybridized carbons (Fsp3) is 0.300. The Balaban J connectivity index is 2.24. The van der Waals surface area contributed by atoms with Crippen LogP contribution in [0.1, 0.15) is 6.42 Å². The smallest absolute Gasteiger partial charge is 0.149 e. The number of benzene rings is 1. The third-order valence-electron chi connectivity index (χ3n) is 1.62. The van der Waals surface area contributed by atoms with E-state index in [9.17, 15) is 4.79 Å². The number of carbonyl (C=O) groups is 1. The molecule has 0 saturated carbocycles. The largest absolute Gasteiger partial charge is 0.493 e. The summed E-state index contributed by atoms with van der Waals surface area (Å²) in [4.78, 5) is 10.8. The standard InChI is InChI=1S/C10H13NO2/c11-8-9(12)6-7-13-10-4-2-1-3-5-10/h1-5H,6-8,11H2. The van der Waals surface area contributed by atoms with Crippen LogP contribution in [0.4, 0.5) is 0 Å². The van der Waals surface area contributed by atoms with Crippen molar-refractivity contribution in [2.24, 2.45) is 5.73 Å². The lowest BCUT2D eigenvalue weighted by molar-refractivity contribution is -0.118. The molecule has 0 spiro atoms. The third kappa shape index (κ3) is 3.71. The minimum absolute atomic E-state index is 0.0240. The SMILES string of the molecule is NCC(=O)CCOc1ccccc1. The molecule has 0 aliphatic heterocycles. The molecule has 1 rings (SSSR count). The fourth-order valence-electron chi connectivity index (χ4n) is 0.901. The van der Waals surface area contributed by atoms with Crippen molar-refractivity contribution in [3.63, 3.8) is 0 Å². The molecule has 1 aromatic carbocycles. The summed E-state index contributed by atoms with van der Waals surface area (Å²) in [6.07, 6.45) is 0.380. The second kappa shape index (κ2) is 5.32. The molecule has 0 saturated heterocycles. The molecule has 0 heterocycles. The Hall–Kier alpha value is -1.35. The van der Waals surface area contributed by atoms with Gasteiger partial charge in [0.2, 0.25) is 0 Å². The monoisotopic (exact) mass is 179 g/mol. The van der Waals surface area contributed by atoms with Gasteiger partial charge in [0.15, 0.2) is 0 Å². The zero-order chi connectivity index (χ0) is 9.52. The van der Waals surface area contributed by atoms with Crippen LogP contribution in [0.15, 0.2) is 30.3 Å². The molecule has 13 heavy (non-hydrogen) atoms. The van der Waals surface area contributed by atoms with Crippen LogP contribution in [0.25, 0.3) is 0 Å². The van der Waals surface area contributed by atoms with E-state index in [0.29, 0.717) is 13.0 Å². The van der Waals surface area contributed by atoms with Crippen LogP contribution in [0.5, 0.6) is 5.75 Å². The van der Waals surface area contributed by atoms with Crippen LogP contribution >= 0.6 is 0 Å². The Labute approximate surface area is 77.5 Å². The summed E-state index contributed by atoms with van der Waals surface area (Å²) < 4.78 is 5.30. The molecule has 0 bridgehead atoms. The molecule has 3 nitrogen and oxygen atoms in total. The first kappa shape index (κ1) is 9.74. The van der Waals surface area contributed by atoms with Gasteiger partial charge in [-0.25, -0.2) is 0 Å². The number of para-hydroxylation sites is 1. The van der Waals surface area contributed by atoms with Gasteiger partial charge < -0.3 is 10.5 Å². The molecule has 2 N–H and O–H groups in total. The molecular weight excluding hydrogens is 166 g/mol. The number of ketones is 1. The Morgan fingerprint density at radius 1 is 1.31 bits per heavy atom. The minimum atomic E-state index is 0.0240. The molecule has 0 amide bonds. The molecule has 0 unspecified atom stereocenters. The first-order valence-corrected chi connectivity index (χ1v) is 4.22. The van der Waals surface area contributed by atoms with E-state index in [2.05, 4.69) is 0 Å². The predicted octanol–water partition coefficient (Wildman–Crippen LogP) is 0.983. The number of nitrogens with two attached hydrogens (primary N) is 1. The molecule has 0 radical (unpaired) electrons. The molecular formula is C10H13NO2. The highest BCUT2D eigenvalue weighted by atomic mass is 16.5. The maximum atomic E-state index is 10.8. The van der Waals surface area contributed by atoms with Gasteiger partial charge in [0.25, 0.3) is 0 Å². The van der Waals surface area contributed by atoms with Crippen molar-refractivity contribution in [1.29, 1.82) is 0 Å². The third-order valence-corrected chi connectivity index (χ3v) is 1.62. The summed E-state index contributed by atoms with van der Waals surface area (Å²) >= 11 is 0. The Morgan fingerprint density at radius 2 is 2.00 bits per heavy atom. The number of carbonyl (C=O) groups excluding carboxylic acids is 1. The molecule has 3 heteroatoms. The number of hydrogen-bond acceptors (Lipinski definition) is 3. The van der Waals surface area contributed by atoms with E-state index in [-0.39, 0.29) is 12.3 Å². The fourth-order valence-corrected chi connectivity index (χ4v) is 0.901. The molecule has 0 aliphatic carbocycles. The summed E-state index contributed by atoms with van der Waals surface area (Å²) in [5.74, 6) is 0.809. The molecule has 1 aromatic rings. The topological polar surface area (TPSA) is 52.3 Å². The quantitative estimate of drug-likeness (QED) is 0.733. The summed E-state index contributed by atoms with van der Waals surface area (Å²) in [5, 5.41) is 0. The molecule has 70 valence electrons. The highest BCUT2D eigenvalue weighted by Crippen LogP contribution is 2.08. The van der Waals surface area contributed by atoms with E-state index in [1.807, 2.05) is 30.3 Å². The summed E-state index contributed by atoms with van der Waals surface area (Å²) in [5.41, 5.74) is 5.15. The van der Waals surface area contributed by atoms with Crippen LogP contribution in [0.3, 0.4) is 0 Å². The van der Waals surface area contributed by atoms with E-state index >= 15 is 0 Å². The number of Topliss-reactive ketones (excluding diaryl/α,β-unsaturated/α-hetero) is 1. The van der Waals surface area contributed by atoms with Crippen LogP contribution in [0, 0.1) is 0 Å². The average Bonchev–Trinajstić information content (AvgIpc) is 2.19. The van der Waals surface area contributed by atoms with E-state index < -0.39 is 0 Å². The van der Waals surface area contributed by atoms with Gasteiger partial charge in [-0.3, -0.25) is 4.79 Å². The first-order chi connectivity index (χ1) is 6.33. The van der Waals surface area contributed by atoms with Crippen LogP contribution in [-0.2, 0) is 4.79 Å². The lowest BCUT2D eigenvalue weighted by Gasteiger charge is -2.03. The van der Waals surface area contributed by atoms with Crippen molar-refractivity contribution in [2.75, 3.05) is 13.2 Å². The number of rotatable bonds is 5. The second-order valence-electron chi connectivity index (χ2n) is 2.65. The predicted molar refractivity (Wildman–Crippen MR) is 50.6 cm³/mol. The number of hydrogen-bond donors (Lipinski definition) is 1. The molecule has 0 aliphatic rings. The van der Waals surface area contributed by atoms with Crippen molar-refractivity contribution in [1.82, 2.24) is 0 Å². The lowest BCUT2D eigenvalue weighted by atomic mass is 10.3. The summed E-state index contributed by atoms with van der Waals surface area (Å²) in [6, 6.07) is 9.40. The highest BCUT2D eigenvalue weighted by Gasteiger charge is 1.98. The van der Waals surface area contributed by atoms with Crippen LogP contribution in [-0.4, -0.2) is 18.9 Å². The average molecular weight is 179 g/mol. The molecule has 0 aromatic heterocycles. The Kier molecular flexibility index (Phi) is 3.99. The van der Waals surface area contributed by atoms with Gasteiger partial charge >= 0.3 is 0 Å². The van der Waals surface area contributed by atoms with Gasteiger partial charge in [0.1, 0.15) is 11.5 Å². The summed E-state index contributed by atoms with van der Waals surface area (Å²) in [7, 11) is 0. The van der Waals surface area contributed by atoms with Crippen molar-refractivity contribution in [3.8, 4) is 5.75 Å². The second-order valence-corrected chi connectivity index (χ2v) is 2.65. The van der Waals surface area contributed by atoms with Gasteiger partial charge in [-0.2, -0.15) is 0 Å². The summed E-state index contributed by atoms with van der Waals surface area (Å²) in [6.45, 7) is 0.498. The van der Waals surface area contributed by atoms with E-state index in [1.54, 1.807) is 0 Å². The maximum absolute atomic E-state index is 10.8. The maximum Gasteiger partial charge on any atom is 0.149 e. The highest BCUT2D eigenvalue weighted by molar-refractivity contribution is 5.80. The van der Waals surface area contributed by atoms with E-state index in [4.69, 9.17) is 10.5 Å². The van der Waals surface area contributed by atoms with Crippen molar-refractivity contribution in [3.05, 3.63) is 30.3 Å². The van der Waals surface area contributed by atoms with Gasteiger partial charge in [0, 0.05) is 6.42 Å². The van der Waals surface area contributed by atoms with Gasteiger partial charge in [0.05, 0.1) is 13.2 Å². The number of ether oxygens (including phenoxy) is 1. The molecule has 0 fully saturated rings. The Bertz CT molecular complexity index is 259. The molecule has 0 atom stereocenters. The van der Waals surface area contributed by atoms with Gasteiger partial charge in [-0.05, 0) is 12.1 Å². The van der Waals surface area contributed by atoms with Crippen LogP contribution in [0.2, 0.25) is 0 Å². The lowest BCUT2D eigenvalue weighted by Crippen LogP contribution is -2.16. The van der Waals surface area contributed by atoms with E-state index in [0.717, 1.165) is 5.75 Å². The Morgan fingerprint density at radius 3 is 2.62 bits per heavy atom. The van der Waals surface area contributed by atoms with Gasteiger partial charge in [-0.15, -0.1) is 0 Å². The zero-order valence-electron chi connectivity index (χ0n) is 7.40. The van der Waals surface area contributed by atoms with Crippen molar-refractivity contribution < 1.29 is 9.53 Å². The van der Waals surface area contributed by atoms with Crippen molar-refractivity contribution >= 4 is 5.78 Å². The first-order valence-electron chi connectivity index (χ1n) is 4.22. The van der Waals surface area contributed by atoms with Gasteiger partial charge in [-0.1, -0.05) is 18.2 Å². The zero-order valence-corrected chi connectivity index (χ0v) is 7.40. The minimum Gasteiger partial charge on any atom is -0.493 e.